The van der Waals surface area contributed by atoms with Crippen LogP contribution in [-0.4, -0.2) is 14.5 Å². The molecule has 0 aliphatic carbocycles. The Balaban J connectivity index is 2.18. The third kappa shape index (κ3) is 2.68. The van der Waals surface area contributed by atoms with E-state index in [0.717, 1.165) is 5.56 Å². The minimum atomic E-state index is -4.10. The Bertz CT molecular complexity index is 922. The van der Waals surface area contributed by atoms with Gasteiger partial charge in [-0.1, -0.05) is 35.9 Å². The normalized spacial score (nSPS) is 17.2. The summed E-state index contributed by atoms with van der Waals surface area (Å²) >= 11 is 5.99. The summed E-state index contributed by atoms with van der Waals surface area (Å²) in [6.45, 7) is 5.46. The van der Waals surface area contributed by atoms with Crippen LogP contribution in [0.15, 0.2) is 60.0 Å². The smallest absolute Gasteiger partial charge is 0.429 e. The summed E-state index contributed by atoms with van der Waals surface area (Å²) in [6.07, 6.45) is -0.311. The number of amides is 1. The number of cyclic esters (lactones) is 1. The van der Waals surface area contributed by atoms with Crippen LogP contribution in [-0.2, 0) is 14.8 Å². The standard InChI is InChI=1S/C17H14ClNO4S/c1-3-16-14-10-12(18)6-9-15(14)19(17(20)23-16)24(21,22)13-7-4-11(2)5-8-13/h3-10,16H,1H2,2H3. The number of aryl methyl sites for hydroxylation is 1. The molecule has 1 amide bonds. The van der Waals surface area contributed by atoms with Crippen molar-refractivity contribution in [2.24, 2.45) is 0 Å². The van der Waals surface area contributed by atoms with Crippen LogP contribution in [0, 0.1) is 6.92 Å². The SMILES string of the molecule is C=CC1OC(=O)N(S(=O)(=O)c2ccc(C)cc2)c2ccc(Cl)cc21. The maximum absolute atomic E-state index is 12.9. The number of anilines is 1. The van der Waals surface area contributed by atoms with Crippen molar-refractivity contribution in [3.8, 4) is 0 Å². The van der Waals surface area contributed by atoms with Crippen LogP contribution >= 0.6 is 11.6 Å². The van der Waals surface area contributed by atoms with Gasteiger partial charge in [-0.25, -0.2) is 13.2 Å². The van der Waals surface area contributed by atoms with Crippen molar-refractivity contribution in [1.29, 1.82) is 0 Å². The van der Waals surface area contributed by atoms with E-state index in [2.05, 4.69) is 6.58 Å². The molecule has 0 radical (unpaired) electrons. The second kappa shape index (κ2) is 5.96. The molecule has 7 heteroatoms. The van der Waals surface area contributed by atoms with Gasteiger partial charge in [0.25, 0.3) is 10.0 Å². The molecule has 1 aliphatic rings. The highest BCUT2D eigenvalue weighted by atomic mass is 35.5. The van der Waals surface area contributed by atoms with Gasteiger partial charge in [-0.3, -0.25) is 0 Å². The molecule has 3 rings (SSSR count). The quantitative estimate of drug-likeness (QED) is 0.766. The first kappa shape index (κ1) is 16.5. The van der Waals surface area contributed by atoms with E-state index in [1.165, 1.54) is 30.3 Å². The van der Waals surface area contributed by atoms with E-state index in [4.69, 9.17) is 16.3 Å². The van der Waals surface area contributed by atoms with Crippen molar-refractivity contribution >= 4 is 33.4 Å². The van der Waals surface area contributed by atoms with Gasteiger partial charge in [0.15, 0.2) is 0 Å². The topological polar surface area (TPSA) is 63.7 Å². The van der Waals surface area contributed by atoms with Gasteiger partial charge in [0.2, 0.25) is 0 Å². The number of carbonyl (C=O) groups excluding carboxylic acids is 1. The number of benzene rings is 2. The van der Waals surface area contributed by atoms with Gasteiger partial charge in [0.1, 0.15) is 6.10 Å². The average Bonchev–Trinajstić information content (AvgIpc) is 2.54. The molecule has 5 nitrogen and oxygen atoms in total. The Labute approximate surface area is 145 Å². The summed E-state index contributed by atoms with van der Waals surface area (Å²) in [7, 11) is -4.10. The Morgan fingerprint density at radius 1 is 1.21 bits per heavy atom. The van der Waals surface area contributed by atoms with Gasteiger partial charge >= 0.3 is 6.09 Å². The number of halogens is 1. The Kier molecular flexibility index (Phi) is 4.11. The van der Waals surface area contributed by atoms with E-state index in [-0.39, 0.29) is 10.6 Å². The van der Waals surface area contributed by atoms with Gasteiger partial charge in [0.05, 0.1) is 10.6 Å². The van der Waals surface area contributed by atoms with Crippen LogP contribution in [0.3, 0.4) is 0 Å². The fraction of sp³-hybridized carbons (Fsp3) is 0.118. The lowest BCUT2D eigenvalue weighted by molar-refractivity contribution is 0.126. The Hall–Kier alpha value is -2.31. The molecule has 1 unspecified atom stereocenters. The first-order chi connectivity index (χ1) is 11.3. The molecular formula is C17H14ClNO4S. The molecule has 2 aromatic carbocycles. The summed E-state index contributed by atoms with van der Waals surface area (Å²) in [4.78, 5) is 12.3. The number of hydrogen-bond donors (Lipinski definition) is 0. The van der Waals surface area contributed by atoms with Crippen LogP contribution in [0.4, 0.5) is 10.5 Å². The van der Waals surface area contributed by atoms with E-state index in [1.807, 2.05) is 6.92 Å². The highest BCUT2D eigenvalue weighted by Crippen LogP contribution is 2.39. The average molecular weight is 364 g/mol. The molecule has 24 heavy (non-hydrogen) atoms. The fourth-order valence-electron chi connectivity index (χ4n) is 2.47. The molecule has 1 aliphatic heterocycles. The van der Waals surface area contributed by atoms with Crippen molar-refractivity contribution < 1.29 is 17.9 Å². The van der Waals surface area contributed by atoms with Crippen molar-refractivity contribution in [3.63, 3.8) is 0 Å². The molecule has 0 saturated carbocycles. The predicted molar refractivity (Wildman–Crippen MR) is 91.7 cm³/mol. The van der Waals surface area contributed by atoms with E-state index < -0.39 is 22.2 Å². The maximum atomic E-state index is 12.9. The zero-order chi connectivity index (χ0) is 17.5. The molecule has 1 heterocycles. The van der Waals surface area contributed by atoms with E-state index in [0.29, 0.717) is 14.9 Å². The zero-order valence-electron chi connectivity index (χ0n) is 12.8. The lowest BCUT2D eigenvalue weighted by Gasteiger charge is -2.32. The number of carbonyl (C=O) groups is 1. The number of nitrogens with zero attached hydrogens (tertiary/aromatic N) is 1. The highest BCUT2D eigenvalue weighted by Gasteiger charge is 2.40. The Morgan fingerprint density at radius 3 is 2.50 bits per heavy atom. The van der Waals surface area contributed by atoms with Gasteiger partial charge < -0.3 is 4.74 Å². The summed E-state index contributed by atoms with van der Waals surface area (Å²) < 4.78 is 31.7. The molecular weight excluding hydrogens is 350 g/mol. The molecule has 0 N–H and O–H groups in total. The Morgan fingerprint density at radius 2 is 1.88 bits per heavy atom. The lowest BCUT2D eigenvalue weighted by Crippen LogP contribution is -2.41. The molecule has 2 aromatic rings. The molecule has 124 valence electrons. The van der Waals surface area contributed by atoms with E-state index in [9.17, 15) is 13.2 Å². The van der Waals surface area contributed by atoms with Gasteiger partial charge in [-0.05, 0) is 43.3 Å². The second-order valence-electron chi connectivity index (χ2n) is 5.33. The lowest BCUT2D eigenvalue weighted by atomic mass is 10.1. The van der Waals surface area contributed by atoms with Crippen molar-refractivity contribution in [2.75, 3.05) is 4.31 Å². The van der Waals surface area contributed by atoms with Gasteiger partial charge in [-0.15, -0.1) is 0 Å². The third-order valence-corrected chi connectivity index (χ3v) is 5.61. The van der Waals surface area contributed by atoms with Crippen molar-refractivity contribution in [2.45, 2.75) is 17.9 Å². The number of rotatable bonds is 3. The number of sulfonamides is 1. The van der Waals surface area contributed by atoms with Crippen LogP contribution in [0.1, 0.15) is 17.2 Å². The van der Waals surface area contributed by atoms with Crippen LogP contribution in [0.25, 0.3) is 0 Å². The zero-order valence-corrected chi connectivity index (χ0v) is 14.3. The van der Waals surface area contributed by atoms with Gasteiger partial charge in [-0.2, -0.15) is 4.31 Å². The van der Waals surface area contributed by atoms with E-state index in [1.54, 1.807) is 18.2 Å². The maximum Gasteiger partial charge on any atom is 0.429 e. The highest BCUT2D eigenvalue weighted by molar-refractivity contribution is 7.93. The molecule has 0 saturated heterocycles. The first-order valence-electron chi connectivity index (χ1n) is 7.09. The minimum absolute atomic E-state index is 0.00278. The first-order valence-corrected chi connectivity index (χ1v) is 8.91. The van der Waals surface area contributed by atoms with Crippen molar-refractivity contribution in [1.82, 2.24) is 0 Å². The predicted octanol–water partition coefficient (Wildman–Crippen LogP) is 4.22. The summed E-state index contributed by atoms with van der Waals surface area (Å²) in [5, 5.41) is 0.409. The molecule has 0 bridgehead atoms. The molecule has 0 aromatic heterocycles. The summed E-state index contributed by atoms with van der Waals surface area (Å²) in [5.74, 6) is 0. The molecule has 1 atom stereocenters. The molecule has 0 spiro atoms. The van der Waals surface area contributed by atoms with Crippen LogP contribution in [0.5, 0.6) is 0 Å². The third-order valence-electron chi connectivity index (χ3n) is 3.68. The van der Waals surface area contributed by atoms with Crippen molar-refractivity contribution in [3.05, 3.63) is 71.3 Å². The summed E-state index contributed by atoms with van der Waals surface area (Å²) in [6, 6.07) is 10.8. The number of fused-ring (bicyclic) bond motifs is 1. The number of hydrogen-bond acceptors (Lipinski definition) is 4. The van der Waals surface area contributed by atoms with E-state index >= 15 is 0 Å². The van der Waals surface area contributed by atoms with Crippen LogP contribution < -0.4 is 4.31 Å². The fourth-order valence-corrected chi connectivity index (χ4v) is 4.01. The van der Waals surface area contributed by atoms with Crippen LogP contribution in [0.2, 0.25) is 5.02 Å². The second-order valence-corrected chi connectivity index (χ2v) is 7.55. The largest absolute Gasteiger partial charge is 0.436 e. The minimum Gasteiger partial charge on any atom is -0.436 e. The summed E-state index contributed by atoms with van der Waals surface area (Å²) in [5.41, 5.74) is 1.59. The number of ether oxygens (including phenoxy) is 1. The van der Waals surface area contributed by atoms with Gasteiger partial charge in [0, 0.05) is 10.6 Å². The monoisotopic (exact) mass is 363 g/mol. The molecule has 0 fully saturated rings.